The molecule has 2 N–H and O–H groups in total. The molecule has 30 heavy (non-hydrogen) atoms. The fraction of sp³-hybridized carbons (Fsp3) is 0.522. The number of carbonyl (C=O) groups excluding carboxylic acids is 2. The fourth-order valence-corrected chi connectivity index (χ4v) is 4.70. The van der Waals surface area contributed by atoms with E-state index in [1.54, 1.807) is 16.7 Å². The van der Waals surface area contributed by atoms with Gasteiger partial charge in [-0.3, -0.25) is 9.59 Å². The summed E-state index contributed by atoms with van der Waals surface area (Å²) in [4.78, 5) is 28.3. The Morgan fingerprint density at radius 2 is 1.80 bits per heavy atom. The van der Waals surface area contributed by atoms with Crippen LogP contribution < -0.4 is 5.73 Å². The van der Waals surface area contributed by atoms with E-state index in [1.807, 2.05) is 31.2 Å². The number of aromatic nitrogens is 2. The number of carbonyl (C=O) groups is 2. The highest BCUT2D eigenvalue weighted by Crippen LogP contribution is 2.32. The van der Waals surface area contributed by atoms with Gasteiger partial charge in [-0.15, -0.1) is 0 Å². The van der Waals surface area contributed by atoms with Crippen LogP contribution in [0.15, 0.2) is 30.5 Å². The molecule has 0 radical (unpaired) electrons. The van der Waals surface area contributed by atoms with Crippen LogP contribution in [0.2, 0.25) is 0 Å². The van der Waals surface area contributed by atoms with Crippen molar-refractivity contribution in [2.24, 2.45) is 5.92 Å². The van der Waals surface area contributed by atoms with Gasteiger partial charge in [0.25, 0.3) is 0 Å². The molecule has 1 saturated carbocycles. The molecule has 1 aliphatic heterocycles. The van der Waals surface area contributed by atoms with Crippen molar-refractivity contribution < 1.29 is 14.3 Å². The molecule has 2 aromatic rings. The maximum Gasteiger partial charge on any atom is 0.226 e. The SMILES string of the molecule is COC1CCC(C(=O)N2CCC[C@H]2C(=O)c2cnn(-c3ccc(C)cc3)c2N)CC1. The number of hydrogen-bond acceptors (Lipinski definition) is 5. The number of hydrogen-bond donors (Lipinski definition) is 1. The highest BCUT2D eigenvalue weighted by molar-refractivity contribution is 6.05. The van der Waals surface area contributed by atoms with Crippen molar-refractivity contribution in [2.75, 3.05) is 19.4 Å². The predicted molar refractivity (Wildman–Crippen MR) is 115 cm³/mol. The summed E-state index contributed by atoms with van der Waals surface area (Å²) in [5.41, 5.74) is 8.64. The van der Waals surface area contributed by atoms with E-state index in [1.165, 1.54) is 6.20 Å². The number of nitrogens with zero attached hydrogens (tertiary/aromatic N) is 3. The van der Waals surface area contributed by atoms with E-state index in [2.05, 4.69) is 5.10 Å². The highest BCUT2D eigenvalue weighted by Gasteiger charge is 2.39. The molecule has 0 unspecified atom stereocenters. The number of nitrogens with two attached hydrogens (primary N) is 1. The Bertz CT molecular complexity index is 913. The maximum absolute atomic E-state index is 13.3. The second-order valence-corrected chi connectivity index (χ2v) is 8.45. The standard InChI is InChI=1S/C23H30N4O3/c1-15-5-9-17(10-6-15)27-22(24)19(14-25-27)21(28)20-4-3-13-26(20)23(29)16-7-11-18(30-2)12-8-16/h5-6,9-10,14,16,18,20H,3-4,7-8,11-13,24H2,1-2H3/t16?,18?,20-/m0/s1. The van der Waals surface area contributed by atoms with E-state index in [0.717, 1.165) is 43.4 Å². The molecule has 0 spiro atoms. The lowest BCUT2D eigenvalue weighted by molar-refractivity contribution is -0.137. The van der Waals surface area contributed by atoms with Gasteiger partial charge in [0.1, 0.15) is 5.82 Å². The summed E-state index contributed by atoms with van der Waals surface area (Å²) in [6.07, 6.45) is 6.73. The van der Waals surface area contributed by atoms with E-state index in [4.69, 9.17) is 10.5 Å². The Balaban J connectivity index is 1.50. The van der Waals surface area contributed by atoms with Gasteiger partial charge in [-0.25, -0.2) is 4.68 Å². The van der Waals surface area contributed by atoms with Gasteiger partial charge in [0.2, 0.25) is 5.91 Å². The van der Waals surface area contributed by atoms with Crippen molar-refractivity contribution in [1.29, 1.82) is 0 Å². The summed E-state index contributed by atoms with van der Waals surface area (Å²) in [7, 11) is 1.73. The second kappa shape index (κ2) is 8.60. The van der Waals surface area contributed by atoms with Gasteiger partial charge in [0, 0.05) is 19.6 Å². The van der Waals surface area contributed by atoms with Gasteiger partial charge in [-0.2, -0.15) is 5.10 Å². The van der Waals surface area contributed by atoms with Crippen LogP contribution in [-0.4, -0.2) is 52.2 Å². The van der Waals surface area contributed by atoms with Gasteiger partial charge in [0.05, 0.1) is 29.6 Å². The summed E-state index contributed by atoms with van der Waals surface area (Å²) in [5.74, 6) is 0.299. The number of aryl methyl sites for hydroxylation is 1. The molecule has 4 rings (SSSR count). The number of anilines is 1. The first-order valence-electron chi connectivity index (χ1n) is 10.8. The smallest absolute Gasteiger partial charge is 0.226 e. The van der Waals surface area contributed by atoms with Crippen molar-refractivity contribution in [2.45, 2.75) is 57.6 Å². The molecule has 1 aromatic carbocycles. The zero-order chi connectivity index (χ0) is 21.3. The van der Waals surface area contributed by atoms with Crippen LogP contribution in [0.25, 0.3) is 5.69 Å². The molecular weight excluding hydrogens is 380 g/mol. The first kappa shape index (κ1) is 20.6. The number of benzene rings is 1. The molecule has 1 aromatic heterocycles. The molecule has 2 aliphatic rings. The van der Waals surface area contributed by atoms with Crippen LogP contribution in [0.4, 0.5) is 5.82 Å². The molecular formula is C23H30N4O3. The van der Waals surface area contributed by atoms with Crippen molar-refractivity contribution in [3.63, 3.8) is 0 Å². The Labute approximate surface area is 177 Å². The number of rotatable bonds is 5. The second-order valence-electron chi connectivity index (χ2n) is 8.45. The van der Waals surface area contributed by atoms with Gasteiger partial charge < -0.3 is 15.4 Å². The van der Waals surface area contributed by atoms with E-state index in [-0.39, 0.29) is 23.7 Å². The molecule has 1 amide bonds. The van der Waals surface area contributed by atoms with Gasteiger partial charge >= 0.3 is 0 Å². The van der Waals surface area contributed by atoms with Crippen LogP contribution in [0.1, 0.15) is 54.4 Å². The Morgan fingerprint density at radius 3 is 2.47 bits per heavy atom. The van der Waals surface area contributed by atoms with E-state index >= 15 is 0 Å². The predicted octanol–water partition coefficient (Wildman–Crippen LogP) is 3.14. The first-order valence-corrected chi connectivity index (χ1v) is 10.8. The zero-order valence-corrected chi connectivity index (χ0v) is 17.7. The molecule has 7 nitrogen and oxygen atoms in total. The largest absolute Gasteiger partial charge is 0.383 e. The van der Waals surface area contributed by atoms with Crippen molar-refractivity contribution >= 4 is 17.5 Å². The topological polar surface area (TPSA) is 90.5 Å². The summed E-state index contributed by atoms with van der Waals surface area (Å²) in [6.45, 7) is 2.64. The third kappa shape index (κ3) is 3.86. The number of Topliss-reactive ketones (excluding diaryl/α,β-unsaturated/α-hetero) is 1. The third-order valence-corrected chi connectivity index (χ3v) is 6.55. The van der Waals surface area contributed by atoms with Crippen LogP contribution in [-0.2, 0) is 9.53 Å². The molecule has 1 atom stereocenters. The van der Waals surface area contributed by atoms with Crippen molar-refractivity contribution in [3.8, 4) is 5.69 Å². The minimum absolute atomic E-state index is 0.0163. The summed E-state index contributed by atoms with van der Waals surface area (Å²) in [5, 5.41) is 4.34. The van der Waals surface area contributed by atoms with Crippen molar-refractivity contribution in [3.05, 3.63) is 41.6 Å². The van der Waals surface area contributed by atoms with Crippen molar-refractivity contribution in [1.82, 2.24) is 14.7 Å². The quantitative estimate of drug-likeness (QED) is 0.765. The lowest BCUT2D eigenvalue weighted by Gasteiger charge is -2.32. The highest BCUT2D eigenvalue weighted by atomic mass is 16.5. The van der Waals surface area contributed by atoms with Crippen LogP contribution in [0.3, 0.4) is 0 Å². The third-order valence-electron chi connectivity index (χ3n) is 6.55. The van der Waals surface area contributed by atoms with E-state index in [0.29, 0.717) is 24.3 Å². The minimum atomic E-state index is -0.449. The number of amides is 1. The monoisotopic (exact) mass is 410 g/mol. The fourth-order valence-electron chi connectivity index (χ4n) is 4.70. The normalized spacial score (nSPS) is 24.2. The average molecular weight is 411 g/mol. The van der Waals surface area contributed by atoms with Crippen LogP contribution in [0.5, 0.6) is 0 Å². The van der Waals surface area contributed by atoms with E-state index in [9.17, 15) is 9.59 Å². The number of nitrogen functional groups attached to an aromatic ring is 1. The van der Waals surface area contributed by atoms with Crippen LogP contribution >= 0.6 is 0 Å². The Morgan fingerprint density at radius 1 is 1.10 bits per heavy atom. The summed E-state index contributed by atoms with van der Waals surface area (Å²) < 4.78 is 7.00. The van der Waals surface area contributed by atoms with E-state index < -0.39 is 6.04 Å². The van der Waals surface area contributed by atoms with Crippen LogP contribution in [0, 0.1) is 12.8 Å². The maximum atomic E-state index is 13.3. The molecule has 160 valence electrons. The number of ketones is 1. The average Bonchev–Trinajstić information content (AvgIpc) is 3.40. The zero-order valence-electron chi connectivity index (χ0n) is 17.7. The molecule has 0 bridgehead atoms. The molecule has 7 heteroatoms. The molecule has 2 heterocycles. The molecule has 1 aliphatic carbocycles. The molecule has 1 saturated heterocycles. The van der Waals surface area contributed by atoms with Gasteiger partial charge in [-0.1, -0.05) is 17.7 Å². The Kier molecular flexibility index (Phi) is 5.90. The number of methoxy groups -OCH3 is 1. The molecule has 2 fully saturated rings. The summed E-state index contributed by atoms with van der Waals surface area (Å²) in [6, 6.07) is 7.36. The first-order chi connectivity index (χ1) is 14.5. The lowest BCUT2D eigenvalue weighted by Crippen LogP contribution is -2.44. The Hall–Kier alpha value is -2.67. The minimum Gasteiger partial charge on any atom is -0.383 e. The lowest BCUT2D eigenvalue weighted by atomic mass is 9.86. The number of ether oxygens (including phenoxy) is 1. The van der Waals surface area contributed by atoms with Gasteiger partial charge in [0.15, 0.2) is 5.78 Å². The van der Waals surface area contributed by atoms with Gasteiger partial charge in [-0.05, 0) is 57.6 Å². The summed E-state index contributed by atoms with van der Waals surface area (Å²) >= 11 is 0. The number of likely N-dealkylation sites (tertiary alicyclic amines) is 1.